The van der Waals surface area contributed by atoms with E-state index in [2.05, 4.69) is 45.5 Å². The van der Waals surface area contributed by atoms with Crippen LogP contribution in [-0.4, -0.2) is 34.8 Å². The van der Waals surface area contributed by atoms with Crippen molar-refractivity contribution in [3.8, 4) is 5.75 Å². The first-order valence-corrected chi connectivity index (χ1v) is 13.1. The molecule has 2 heterocycles. The fourth-order valence-electron chi connectivity index (χ4n) is 4.41. The summed E-state index contributed by atoms with van der Waals surface area (Å²) in [5.41, 5.74) is 9.12. The summed E-state index contributed by atoms with van der Waals surface area (Å²) < 4.78 is 5.89. The second-order valence-corrected chi connectivity index (χ2v) is 10.0. The number of nitrogens with zero attached hydrogens (tertiary/aromatic N) is 2. The number of anilines is 2. The molecule has 1 saturated heterocycles. The van der Waals surface area contributed by atoms with Crippen molar-refractivity contribution in [1.29, 1.82) is 0 Å². The molecular formula is C29H30N4O2S. The number of carbonyl (C=O) groups excluding carboxylic acids is 1. The van der Waals surface area contributed by atoms with Crippen molar-refractivity contribution >= 4 is 28.1 Å². The van der Waals surface area contributed by atoms with Gasteiger partial charge in [0.15, 0.2) is 5.13 Å². The van der Waals surface area contributed by atoms with Crippen LogP contribution in [0.5, 0.6) is 5.75 Å². The van der Waals surface area contributed by atoms with Gasteiger partial charge in [-0.2, -0.15) is 0 Å². The first-order chi connectivity index (χ1) is 17.6. The highest BCUT2D eigenvalue weighted by atomic mass is 32.1. The largest absolute Gasteiger partial charge is 0.489 e. The molecule has 0 atom stereocenters. The summed E-state index contributed by atoms with van der Waals surface area (Å²) in [5, 5.41) is 4.21. The maximum Gasteiger partial charge on any atom is 0.206 e. The molecular weight excluding hydrogens is 468 g/mol. The van der Waals surface area contributed by atoms with E-state index in [-0.39, 0.29) is 11.6 Å². The van der Waals surface area contributed by atoms with Gasteiger partial charge in [0.05, 0.1) is 0 Å². The molecule has 3 N–H and O–H groups in total. The van der Waals surface area contributed by atoms with Gasteiger partial charge in [0, 0.05) is 31.2 Å². The monoisotopic (exact) mass is 498 g/mol. The van der Waals surface area contributed by atoms with Crippen LogP contribution in [0.4, 0.5) is 10.9 Å². The molecule has 0 radical (unpaired) electrons. The van der Waals surface area contributed by atoms with E-state index in [1.165, 1.54) is 16.9 Å². The molecule has 0 spiro atoms. The van der Waals surface area contributed by atoms with E-state index in [0.717, 1.165) is 38.0 Å². The van der Waals surface area contributed by atoms with Crippen molar-refractivity contribution in [3.05, 3.63) is 106 Å². The first-order valence-electron chi connectivity index (χ1n) is 12.2. The number of piperidine rings is 1. The second kappa shape index (κ2) is 11.4. The Labute approximate surface area is 215 Å². The van der Waals surface area contributed by atoms with Gasteiger partial charge in [-0.25, -0.2) is 4.98 Å². The van der Waals surface area contributed by atoms with Gasteiger partial charge < -0.3 is 15.8 Å². The smallest absolute Gasteiger partial charge is 0.206 e. The molecule has 6 nitrogen and oxygen atoms in total. The lowest BCUT2D eigenvalue weighted by Crippen LogP contribution is -2.38. The zero-order chi connectivity index (χ0) is 24.7. The highest BCUT2D eigenvalue weighted by molar-refractivity contribution is 7.18. The zero-order valence-electron chi connectivity index (χ0n) is 20.1. The number of aromatic nitrogens is 1. The number of rotatable bonds is 9. The Balaban J connectivity index is 1.17. The Morgan fingerprint density at radius 2 is 1.67 bits per heavy atom. The molecule has 0 bridgehead atoms. The molecule has 3 aromatic carbocycles. The van der Waals surface area contributed by atoms with Crippen molar-refractivity contribution in [2.45, 2.75) is 32.0 Å². The standard InChI is InChI=1S/C29H30N4O2S/c30-28-27(26(34)23-12-7-13-25(18-23)35-20-22-10-5-2-6-11-22)36-29(32-28)31-24-14-16-33(17-15-24)19-21-8-3-1-4-9-21/h1-13,18,24H,14-17,19-20,30H2,(H,31,32). The number of nitrogens with two attached hydrogens (primary N) is 1. The molecule has 0 aliphatic carbocycles. The van der Waals surface area contributed by atoms with Gasteiger partial charge in [-0.05, 0) is 36.1 Å². The summed E-state index contributed by atoms with van der Waals surface area (Å²) in [7, 11) is 0. The Morgan fingerprint density at radius 1 is 0.972 bits per heavy atom. The summed E-state index contributed by atoms with van der Waals surface area (Å²) in [5.74, 6) is 0.777. The maximum atomic E-state index is 13.2. The fourth-order valence-corrected chi connectivity index (χ4v) is 5.33. The summed E-state index contributed by atoms with van der Waals surface area (Å²) in [6.07, 6.45) is 2.05. The van der Waals surface area contributed by atoms with Crippen LogP contribution in [0.1, 0.15) is 39.2 Å². The predicted molar refractivity (Wildman–Crippen MR) is 146 cm³/mol. The average molecular weight is 499 g/mol. The van der Waals surface area contributed by atoms with Gasteiger partial charge in [-0.1, -0.05) is 84.1 Å². The Bertz CT molecular complexity index is 1290. The zero-order valence-corrected chi connectivity index (χ0v) is 20.9. The minimum atomic E-state index is -0.138. The minimum absolute atomic E-state index is 0.138. The van der Waals surface area contributed by atoms with Crippen LogP contribution in [-0.2, 0) is 13.2 Å². The topological polar surface area (TPSA) is 80.5 Å². The van der Waals surface area contributed by atoms with E-state index in [1.54, 1.807) is 12.1 Å². The highest BCUT2D eigenvalue weighted by Gasteiger charge is 2.23. The number of likely N-dealkylation sites (tertiary alicyclic amines) is 1. The third-order valence-corrected chi connectivity index (χ3v) is 7.37. The molecule has 0 unspecified atom stereocenters. The van der Waals surface area contributed by atoms with Gasteiger partial charge >= 0.3 is 0 Å². The molecule has 1 aliphatic heterocycles. The summed E-state index contributed by atoms with van der Waals surface area (Å²) >= 11 is 1.32. The molecule has 5 rings (SSSR count). The van der Waals surface area contributed by atoms with Gasteiger partial charge in [0.25, 0.3) is 0 Å². The van der Waals surface area contributed by atoms with E-state index in [4.69, 9.17) is 10.5 Å². The fraction of sp³-hybridized carbons (Fsp3) is 0.241. The second-order valence-electron chi connectivity index (χ2n) is 9.04. The Morgan fingerprint density at radius 3 is 2.39 bits per heavy atom. The molecule has 7 heteroatoms. The number of benzene rings is 3. The molecule has 4 aromatic rings. The van der Waals surface area contributed by atoms with Gasteiger partial charge in [0.1, 0.15) is 23.1 Å². The van der Waals surface area contributed by atoms with E-state index >= 15 is 0 Å². The summed E-state index contributed by atoms with van der Waals surface area (Å²) in [4.78, 5) is 20.6. The lowest BCUT2D eigenvalue weighted by Gasteiger charge is -2.32. The molecule has 1 aliphatic rings. The number of carbonyl (C=O) groups is 1. The maximum absolute atomic E-state index is 13.2. The lowest BCUT2D eigenvalue weighted by atomic mass is 10.0. The van der Waals surface area contributed by atoms with Crippen molar-refractivity contribution in [2.75, 3.05) is 24.1 Å². The Hall–Kier alpha value is -3.68. The average Bonchev–Trinajstić information content (AvgIpc) is 3.29. The quantitative estimate of drug-likeness (QED) is 0.292. The number of ketones is 1. The van der Waals surface area contributed by atoms with Crippen LogP contribution in [0.2, 0.25) is 0 Å². The SMILES string of the molecule is Nc1nc(NC2CCN(Cc3ccccc3)CC2)sc1C(=O)c1cccc(OCc2ccccc2)c1. The number of thiazole rings is 1. The van der Waals surface area contributed by atoms with Gasteiger partial charge in [-0.15, -0.1) is 0 Å². The van der Waals surface area contributed by atoms with E-state index in [1.807, 2.05) is 42.5 Å². The summed E-state index contributed by atoms with van der Waals surface area (Å²) in [6, 6.07) is 28.1. The number of hydrogen-bond donors (Lipinski definition) is 2. The number of ether oxygens (including phenoxy) is 1. The van der Waals surface area contributed by atoms with E-state index in [9.17, 15) is 4.79 Å². The number of nitrogens with one attached hydrogen (secondary N) is 1. The minimum Gasteiger partial charge on any atom is -0.489 e. The van der Waals surface area contributed by atoms with Crippen LogP contribution < -0.4 is 15.8 Å². The van der Waals surface area contributed by atoms with Crippen LogP contribution in [0.25, 0.3) is 0 Å². The van der Waals surface area contributed by atoms with Crippen molar-refractivity contribution in [2.24, 2.45) is 0 Å². The molecule has 0 amide bonds. The molecule has 1 aromatic heterocycles. The first kappa shape index (κ1) is 24.0. The van der Waals surface area contributed by atoms with Crippen molar-refractivity contribution in [1.82, 2.24) is 9.88 Å². The third kappa shape index (κ3) is 6.11. The normalized spacial score (nSPS) is 14.4. The molecule has 0 saturated carbocycles. The number of nitrogen functional groups attached to an aromatic ring is 1. The van der Waals surface area contributed by atoms with E-state index in [0.29, 0.717) is 34.0 Å². The predicted octanol–water partition coefficient (Wildman–Crippen LogP) is 5.61. The number of hydrogen-bond acceptors (Lipinski definition) is 7. The van der Waals surface area contributed by atoms with E-state index < -0.39 is 0 Å². The van der Waals surface area contributed by atoms with Crippen molar-refractivity contribution < 1.29 is 9.53 Å². The van der Waals surface area contributed by atoms with Crippen molar-refractivity contribution in [3.63, 3.8) is 0 Å². The van der Waals surface area contributed by atoms with Crippen LogP contribution in [0.3, 0.4) is 0 Å². The molecule has 36 heavy (non-hydrogen) atoms. The summed E-state index contributed by atoms with van der Waals surface area (Å²) in [6.45, 7) is 3.47. The highest BCUT2D eigenvalue weighted by Crippen LogP contribution is 2.30. The van der Waals surface area contributed by atoms with Gasteiger partial charge in [0.2, 0.25) is 5.78 Å². The lowest BCUT2D eigenvalue weighted by molar-refractivity contribution is 0.104. The molecule has 1 fully saturated rings. The van der Waals surface area contributed by atoms with Crippen LogP contribution in [0, 0.1) is 0 Å². The third-order valence-electron chi connectivity index (χ3n) is 6.37. The van der Waals surface area contributed by atoms with Crippen LogP contribution >= 0.6 is 11.3 Å². The molecule has 184 valence electrons. The van der Waals surface area contributed by atoms with Crippen LogP contribution in [0.15, 0.2) is 84.9 Å². The van der Waals surface area contributed by atoms with Gasteiger partial charge in [-0.3, -0.25) is 9.69 Å². The Kier molecular flexibility index (Phi) is 7.59.